The Bertz CT molecular complexity index is 782. The van der Waals surface area contributed by atoms with E-state index in [9.17, 15) is 9.90 Å². The summed E-state index contributed by atoms with van der Waals surface area (Å²) in [5.74, 6) is 0.0810. The number of aromatic nitrogens is 1. The molecule has 0 radical (unpaired) electrons. The lowest BCUT2D eigenvalue weighted by molar-refractivity contribution is -0.120. The number of carbonyl (C=O) groups excluding carboxylic acids is 1. The average molecular weight is 375 g/mol. The highest BCUT2D eigenvalue weighted by Crippen LogP contribution is 2.21. The number of hydrogen-bond acceptors (Lipinski definition) is 6. The van der Waals surface area contributed by atoms with Gasteiger partial charge in [-0.05, 0) is 50.7 Å². The number of benzene rings is 1. The minimum Gasteiger partial charge on any atom is -0.508 e. The molecular formula is C19H26N4O2S. The summed E-state index contributed by atoms with van der Waals surface area (Å²) < 4.78 is 0. The molecule has 0 spiro atoms. The molecule has 0 saturated carbocycles. The van der Waals surface area contributed by atoms with E-state index >= 15 is 0 Å². The zero-order chi connectivity index (χ0) is 19.1. The average Bonchev–Trinajstić information content (AvgIpc) is 3.03. The summed E-state index contributed by atoms with van der Waals surface area (Å²) in [6.07, 6.45) is 0.220. The first-order valence-corrected chi connectivity index (χ1v) is 9.59. The smallest absolute Gasteiger partial charge is 0.246 e. The molecule has 26 heavy (non-hydrogen) atoms. The second-order valence-corrected chi connectivity index (χ2v) is 7.04. The minimum atomic E-state index is -0.194. The monoisotopic (exact) mass is 374 g/mol. The van der Waals surface area contributed by atoms with Crippen molar-refractivity contribution >= 4 is 23.0 Å². The number of aromatic hydroxyl groups is 1. The molecule has 0 unspecified atom stereocenters. The van der Waals surface area contributed by atoms with Crippen LogP contribution in [0.3, 0.4) is 0 Å². The molecule has 1 heterocycles. The molecule has 0 atom stereocenters. The maximum atomic E-state index is 12.0. The summed E-state index contributed by atoms with van der Waals surface area (Å²) >= 11 is 1.47. The molecule has 1 aromatic heterocycles. The fourth-order valence-electron chi connectivity index (χ4n) is 2.50. The molecule has 1 aromatic carbocycles. The summed E-state index contributed by atoms with van der Waals surface area (Å²) in [5, 5.41) is 17.0. The quantitative estimate of drug-likeness (QED) is 0.550. The Hall–Kier alpha value is -2.25. The number of hydrogen-bond donors (Lipinski definition) is 2. The summed E-state index contributed by atoms with van der Waals surface area (Å²) in [7, 11) is 0. The molecule has 0 aliphatic rings. The lowest BCUT2D eigenvalue weighted by atomic mass is 10.1. The molecule has 0 bridgehead atoms. The summed E-state index contributed by atoms with van der Waals surface area (Å²) in [4.78, 5) is 18.5. The number of phenolic OH excluding ortho intramolecular Hbond substituents is 1. The molecule has 1 amide bonds. The lowest BCUT2D eigenvalue weighted by Gasteiger charge is -2.19. The number of amides is 1. The number of aryl methyl sites for hydroxylation is 1. The standard InChI is InChI=1S/C19H26N4O2S/c1-5-23(6-2)11-16-9-15(7-8-17(16)24)14(4)21-22-18(25)10-19-20-13(3)12-26-19/h7-9,12,24H,5-6,10-11H2,1-4H3,(H,22,25)/b21-14+. The fourth-order valence-corrected chi connectivity index (χ4v) is 3.27. The highest BCUT2D eigenvalue weighted by molar-refractivity contribution is 7.09. The number of nitrogens with one attached hydrogen (secondary N) is 1. The van der Waals surface area contributed by atoms with Gasteiger partial charge in [0.2, 0.25) is 5.91 Å². The van der Waals surface area contributed by atoms with E-state index in [1.54, 1.807) is 12.1 Å². The lowest BCUT2D eigenvalue weighted by Crippen LogP contribution is -2.22. The predicted octanol–water partition coefficient (Wildman–Crippen LogP) is 3.08. The normalized spacial score (nSPS) is 11.8. The van der Waals surface area contributed by atoms with Gasteiger partial charge < -0.3 is 5.11 Å². The Morgan fingerprint density at radius 1 is 1.35 bits per heavy atom. The maximum absolute atomic E-state index is 12.0. The van der Waals surface area contributed by atoms with E-state index in [0.29, 0.717) is 12.3 Å². The van der Waals surface area contributed by atoms with Crippen LogP contribution in [0.15, 0.2) is 28.7 Å². The second-order valence-electron chi connectivity index (χ2n) is 6.10. The Morgan fingerprint density at radius 2 is 2.08 bits per heavy atom. The molecule has 2 aromatic rings. The fraction of sp³-hybridized carbons (Fsp3) is 0.421. The molecule has 0 saturated heterocycles. The first-order valence-electron chi connectivity index (χ1n) is 8.71. The zero-order valence-corrected chi connectivity index (χ0v) is 16.6. The van der Waals surface area contributed by atoms with Crippen molar-refractivity contribution in [2.24, 2.45) is 5.10 Å². The number of carbonyl (C=O) groups is 1. The van der Waals surface area contributed by atoms with E-state index in [-0.39, 0.29) is 18.1 Å². The van der Waals surface area contributed by atoms with E-state index in [1.165, 1.54) is 11.3 Å². The third-order valence-corrected chi connectivity index (χ3v) is 5.08. The van der Waals surface area contributed by atoms with Gasteiger partial charge in [-0.15, -0.1) is 11.3 Å². The van der Waals surface area contributed by atoms with Gasteiger partial charge in [-0.2, -0.15) is 5.10 Å². The number of nitrogens with zero attached hydrogens (tertiary/aromatic N) is 3. The molecule has 0 aliphatic heterocycles. The van der Waals surface area contributed by atoms with Gasteiger partial charge >= 0.3 is 0 Å². The van der Waals surface area contributed by atoms with E-state index in [2.05, 4.69) is 34.3 Å². The minimum absolute atomic E-state index is 0.194. The number of thiazole rings is 1. The summed E-state index contributed by atoms with van der Waals surface area (Å²) in [6, 6.07) is 5.40. The van der Waals surface area contributed by atoms with Crippen molar-refractivity contribution in [1.29, 1.82) is 0 Å². The van der Waals surface area contributed by atoms with Crippen LogP contribution >= 0.6 is 11.3 Å². The first kappa shape index (κ1) is 20.1. The van der Waals surface area contributed by atoms with Crippen molar-refractivity contribution in [1.82, 2.24) is 15.3 Å². The van der Waals surface area contributed by atoms with Crippen LogP contribution in [0.2, 0.25) is 0 Å². The van der Waals surface area contributed by atoms with Crippen LogP contribution in [0.1, 0.15) is 42.6 Å². The van der Waals surface area contributed by atoms with Gasteiger partial charge in [0.25, 0.3) is 0 Å². The summed E-state index contributed by atoms with van der Waals surface area (Å²) in [5.41, 5.74) is 5.91. The van der Waals surface area contributed by atoms with Crippen molar-refractivity contribution in [3.63, 3.8) is 0 Å². The topological polar surface area (TPSA) is 77.8 Å². The van der Waals surface area contributed by atoms with Gasteiger partial charge in [0, 0.05) is 23.2 Å². The van der Waals surface area contributed by atoms with Crippen LogP contribution in [0.5, 0.6) is 5.75 Å². The van der Waals surface area contributed by atoms with Crippen molar-refractivity contribution in [2.75, 3.05) is 13.1 Å². The van der Waals surface area contributed by atoms with Gasteiger partial charge in [0.1, 0.15) is 10.8 Å². The van der Waals surface area contributed by atoms with Gasteiger partial charge in [-0.25, -0.2) is 10.4 Å². The SMILES string of the molecule is CCN(CC)Cc1cc(/C(C)=N/NC(=O)Cc2nc(C)cs2)ccc1O. The van der Waals surface area contributed by atoms with E-state index < -0.39 is 0 Å². The number of phenols is 1. The third kappa shape index (κ3) is 5.64. The van der Waals surface area contributed by atoms with Gasteiger partial charge in [-0.1, -0.05) is 13.8 Å². The van der Waals surface area contributed by atoms with E-state index in [1.807, 2.05) is 25.3 Å². The van der Waals surface area contributed by atoms with Crippen molar-refractivity contribution in [3.8, 4) is 5.75 Å². The highest BCUT2D eigenvalue weighted by atomic mass is 32.1. The molecule has 0 fully saturated rings. The Kier molecular flexibility index (Phi) is 7.29. The molecule has 6 nitrogen and oxygen atoms in total. The predicted molar refractivity (Wildman–Crippen MR) is 106 cm³/mol. The van der Waals surface area contributed by atoms with Crippen LogP contribution in [-0.2, 0) is 17.8 Å². The summed E-state index contributed by atoms with van der Waals surface area (Å²) in [6.45, 7) is 10.4. The maximum Gasteiger partial charge on any atom is 0.246 e. The Morgan fingerprint density at radius 3 is 2.69 bits per heavy atom. The van der Waals surface area contributed by atoms with Crippen LogP contribution < -0.4 is 5.43 Å². The van der Waals surface area contributed by atoms with Crippen LogP contribution in [0.25, 0.3) is 0 Å². The second kappa shape index (κ2) is 9.45. The van der Waals surface area contributed by atoms with Gasteiger partial charge in [-0.3, -0.25) is 9.69 Å². The first-order chi connectivity index (χ1) is 12.4. The highest BCUT2D eigenvalue weighted by Gasteiger charge is 2.10. The number of rotatable bonds is 8. The zero-order valence-electron chi connectivity index (χ0n) is 15.7. The van der Waals surface area contributed by atoms with Gasteiger partial charge in [0.05, 0.1) is 12.1 Å². The van der Waals surface area contributed by atoms with Crippen LogP contribution in [-0.4, -0.2) is 39.7 Å². The molecular weight excluding hydrogens is 348 g/mol. The molecule has 2 N–H and O–H groups in total. The largest absolute Gasteiger partial charge is 0.508 e. The van der Waals surface area contributed by atoms with Crippen LogP contribution in [0.4, 0.5) is 0 Å². The van der Waals surface area contributed by atoms with E-state index in [4.69, 9.17) is 0 Å². The van der Waals surface area contributed by atoms with Crippen molar-refractivity contribution < 1.29 is 9.90 Å². The van der Waals surface area contributed by atoms with Gasteiger partial charge in [0.15, 0.2) is 0 Å². The van der Waals surface area contributed by atoms with Crippen LogP contribution in [0, 0.1) is 6.92 Å². The Labute approximate surface area is 158 Å². The van der Waals surface area contributed by atoms with Crippen molar-refractivity contribution in [3.05, 3.63) is 45.4 Å². The van der Waals surface area contributed by atoms with Crippen molar-refractivity contribution in [2.45, 2.75) is 40.7 Å². The van der Waals surface area contributed by atoms with E-state index in [0.717, 1.165) is 34.9 Å². The molecule has 7 heteroatoms. The third-order valence-electron chi connectivity index (χ3n) is 4.11. The Balaban J connectivity index is 2.04. The molecule has 2 rings (SSSR count). The molecule has 140 valence electrons. The number of hydrazone groups is 1. The molecule has 0 aliphatic carbocycles.